The van der Waals surface area contributed by atoms with Gasteiger partial charge in [0.25, 0.3) is 6.04 Å². The molecule has 1 aliphatic heterocycles. The SMILES string of the molecule is [C-]#[N+]C1C(CCC)=Nc2[nH]ncc2C1c1cccc(Br)c1. The van der Waals surface area contributed by atoms with Gasteiger partial charge in [-0.05, 0) is 24.1 Å². The van der Waals surface area contributed by atoms with Crippen LogP contribution in [0, 0.1) is 6.57 Å². The van der Waals surface area contributed by atoms with Crippen molar-refractivity contribution in [2.24, 2.45) is 4.99 Å². The Morgan fingerprint density at radius 1 is 1.43 bits per heavy atom. The van der Waals surface area contributed by atoms with Gasteiger partial charge in [0, 0.05) is 10.0 Å². The Morgan fingerprint density at radius 3 is 3.00 bits per heavy atom. The molecular weight excluding hydrogens is 328 g/mol. The zero-order chi connectivity index (χ0) is 14.8. The van der Waals surface area contributed by atoms with E-state index in [4.69, 9.17) is 6.57 Å². The van der Waals surface area contributed by atoms with Crippen molar-refractivity contribution in [1.82, 2.24) is 10.2 Å². The van der Waals surface area contributed by atoms with Crippen molar-refractivity contribution in [2.75, 3.05) is 0 Å². The topological polar surface area (TPSA) is 45.4 Å². The highest BCUT2D eigenvalue weighted by Crippen LogP contribution is 2.40. The molecule has 5 heteroatoms. The summed E-state index contributed by atoms with van der Waals surface area (Å²) in [4.78, 5) is 8.49. The van der Waals surface area contributed by atoms with Gasteiger partial charge in [0.05, 0.1) is 12.1 Å². The molecule has 0 aliphatic carbocycles. The molecule has 1 aromatic heterocycles. The van der Waals surface area contributed by atoms with Crippen LogP contribution in [0.15, 0.2) is 39.9 Å². The summed E-state index contributed by atoms with van der Waals surface area (Å²) in [6.07, 6.45) is 3.63. The molecule has 0 fully saturated rings. The maximum absolute atomic E-state index is 7.64. The van der Waals surface area contributed by atoms with Crippen molar-refractivity contribution < 1.29 is 0 Å². The van der Waals surface area contributed by atoms with E-state index in [-0.39, 0.29) is 12.0 Å². The molecule has 0 amide bonds. The lowest BCUT2D eigenvalue weighted by molar-refractivity contribution is 0.769. The van der Waals surface area contributed by atoms with E-state index >= 15 is 0 Å². The quantitative estimate of drug-likeness (QED) is 0.821. The summed E-state index contributed by atoms with van der Waals surface area (Å²) in [6.45, 7) is 9.75. The number of aromatic amines is 1. The predicted molar refractivity (Wildman–Crippen MR) is 87.0 cm³/mol. The molecule has 4 nitrogen and oxygen atoms in total. The van der Waals surface area contributed by atoms with Gasteiger partial charge in [-0.2, -0.15) is 5.10 Å². The first-order valence-electron chi connectivity index (χ1n) is 6.97. The van der Waals surface area contributed by atoms with Gasteiger partial charge >= 0.3 is 0 Å². The largest absolute Gasteiger partial charge is 0.306 e. The molecule has 2 aromatic rings. The molecule has 0 bridgehead atoms. The van der Waals surface area contributed by atoms with E-state index in [1.807, 2.05) is 12.1 Å². The third kappa shape index (κ3) is 2.52. The van der Waals surface area contributed by atoms with Crippen LogP contribution in [0.5, 0.6) is 0 Å². The Morgan fingerprint density at radius 2 is 2.29 bits per heavy atom. The number of rotatable bonds is 3. The fourth-order valence-corrected chi connectivity index (χ4v) is 3.27. The van der Waals surface area contributed by atoms with Gasteiger partial charge < -0.3 is 4.85 Å². The lowest BCUT2D eigenvalue weighted by Crippen LogP contribution is -2.28. The van der Waals surface area contributed by atoms with Gasteiger partial charge in [-0.15, -0.1) is 0 Å². The molecule has 1 aliphatic rings. The molecule has 3 rings (SSSR count). The van der Waals surface area contributed by atoms with Gasteiger partial charge in [-0.1, -0.05) is 41.4 Å². The smallest absolute Gasteiger partial charge is 0.272 e. The van der Waals surface area contributed by atoms with Gasteiger partial charge in [0.1, 0.15) is 5.71 Å². The number of benzene rings is 1. The van der Waals surface area contributed by atoms with Crippen molar-refractivity contribution in [3.05, 3.63) is 57.5 Å². The van der Waals surface area contributed by atoms with Gasteiger partial charge in [-0.25, -0.2) is 11.6 Å². The fraction of sp³-hybridized carbons (Fsp3) is 0.312. The first-order valence-corrected chi connectivity index (χ1v) is 7.76. The Labute approximate surface area is 132 Å². The van der Waals surface area contributed by atoms with Crippen LogP contribution in [0.25, 0.3) is 4.85 Å². The number of halogens is 1. The Bertz CT molecular complexity index is 726. The Kier molecular flexibility index (Phi) is 3.89. The van der Waals surface area contributed by atoms with Crippen molar-refractivity contribution in [3.63, 3.8) is 0 Å². The number of aliphatic imine (C=N–C) groups is 1. The Balaban J connectivity index is 2.14. The first-order chi connectivity index (χ1) is 10.2. The van der Waals surface area contributed by atoms with E-state index in [2.05, 4.69) is 55.0 Å². The summed E-state index contributed by atoms with van der Waals surface area (Å²) in [5, 5.41) is 7.07. The van der Waals surface area contributed by atoms with Gasteiger partial charge in [-0.3, -0.25) is 5.10 Å². The summed E-state index contributed by atoms with van der Waals surface area (Å²) in [5.41, 5.74) is 3.08. The summed E-state index contributed by atoms with van der Waals surface area (Å²) in [5.74, 6) is 0.788. The second kappa shape index (κ2) is 5.82. The lowest BCUT2D eigenvalue weighted by atomic mass is 9.81. The highest BCUT2D eigenvalue weighted by atomic mass is 79.9. The summed E-state index contributed by atoms with van der Waals surface area (Å²) in [6, 6.07) is 7.90. The van der Waals surface area contributed by atoms with Crippen LogP contribution in [0.1, 0.15) is 36.8 Å². The number of nitrogens with zero attached hydrogens (tertiary/aromatic N) is 3. The van der Waals surface area contributed by atoms with Crippen molar-refractivity contribution in [3.8, 4) is 0 Å². The number of fused-ring (bicyclic) bond motifs is 1. The molecule has 21 heavy (non-hydrogen) atoms. The van der Waals surface area contributed by atoms with E-state index in [9.17, 15) is 0 Å². The molecule has 0 saturated carbocycles. The molecule has 1 N–H and O–H groups in total. The van der Waals surface area contributed by atoms with E-state index in [0.717, 1.165) is 40.0 Å². The van der Waals surface area contributed by atoms with E-state index in [1.165, 1.54) is 0 Å². The van der Waals surface area contributed by atoms with Crippen molar-refractivity contribution >= 4 is 27.5 Å². The van der Waals surface area contributed by atoms with Crippen molar-refractivity contribution in [1.29, 1.82) is 0 Å². The minimum absolute atomic E-state index is 0.00667. The number of aromatic nitrogens is 2. The zero-order valence-electron chi connectivity index (χ0n) is 11.7. The monoisotopic (exact) mass is 342 g/mol. The summed E-state index contributed by atoms with van der Waals surface area (Å²) in [7, 11) is 0. The standard InChI is InChI=1S/C16H15BrN4/c1-3-5-13-15(18-2)14(10-6-4-7-11(17)8-10)12-9-19-21-16(12)20-13/h4,6-9,14-15H,3,5H2,1H3,(H,19,21). The van der Waals surface area contributed by atoms with Crippen LogP contribution >= 0.6 is 15.9 Å². The minimum atomic E-state index is -0.246. The van der Waals surface area contributed by atoms with Gasteiger partial charge in [0.15, 0.2) is 5.82 Å². The van der Waals surface area contributed by atoms with Crippen LogP contribution in [-0.2, 0) is 0 Å². The normalized spacial score (nSPS) is 20.5. The second-order valence-corrected chi connectivity index (χ2v) is 6.05. The molecule has 2 unspecified atom stereocenters. The predicted octanol–water partition coefficient (Wildman–Crippen LogP) is 4.48. The van der Waals surface area contributed by atoms with Crippen molar-refractivity contribution in [2.45, 2.75) is 31.7 Å². The molecule has 106 valence electrons. The fourth-order valence-electron chi connectivity index (χ4n) is 2.85. The van der Waals surface area contributed by atoms with Crippen LogP contribution in [0.3, 0.4) is 0 Å². The van der Waals surface area contributed by atoms with E-state index in [1.54, 1.807) is 6.20 Å². The molecule has 1 aromatic carbocycles. The highest BCUT2D eigenvalue weighted by Gasteiger charge is 2.39. The molecule has 0 spiro atoms. The van der Waals surface area contributed by atoms with E-state index in [0.29, 0.717) is 0 Å². The molecule has 2 atom stereocenters. The summed E-state index contributed by atoms with van der Waals surface area (Å²) < 4.78 is 1.02. The third-order valence-electron chi connectivity index (χ3n) is 3.75. The zero-order valence-corrected chi connectivity index (χ0v) is 13.3. The Hall–Kier alpha value is -1.93. The molecule has 2 heterocycles. The maximum atomic E-state index is 7.64. The average Bonchev–Trinajstić information content (AvgIpc) is 2.94. The number of hydrogen-bond donors (Lipinski definition) is 1. The summed E-state index contributed by atoms with van der Waals surface area (Å²) >= 11 is 3.52. The number of nitrogens with one attached hydrogen (secondary N) is 1. The number of H-pyrrole nitrogens is 1. The molecular formula is C16H15BrN4. The van der Waals surface area contributed by atoms with Gasteiger partial charge in [0.2, 0.25) is 0 Å². The van der Waals surface area contributed by atoms with Crippen LogP contribution in [0.4, 0.5) is 5.82 Å². The number of hydrogen-bond acceptors (Lipinski definition) is 2. The second-order valence-electron chi connectivity index (χ2n) is 5.13. The maximum Gasteiger partial charge on any atom is 0.272 e. The molecule has 0 saturated heterocycles. The average molecular weight is 343 g/mol. The first kappa shape index (κ1) is 14.0. The van der Waals surface area contributed by atoms with Crippen LogP contribution in [-0.4, -0.2) is 22.0 Å². The van der Waals surface area contributed by atoms with Crippen LogP contribution in [0.2, 0.25) is 0 Å². The highest BCUT2D eigenvalue weighted by molar-refractivity contribution is 9.10. The molecule has 0 radical (unpaired) electrons. The van der Waals surface area contributed by atoms with E-state index < -0.39 is 0 Å². The minimum Gasteiger partial charge on any atom is -0.306 e. The third-order valence-corrected chi connectivity index (χ3v) is 4.24. The van der Waals surface area contributed by atoms with Crippen LogP contribution < -0.4 is 0 Å². The lowest BCUT2D eigenvalue weighted by Gasteiger charge is -2.23.